The number of rotatable bonds is 4. The summed E-state index contributed by atoms with van der Waals surface area (Å²) in [5.74, 6) is 0.754. The molecule has 0 amide bonds. The van der Waals surface area contributed by atoms with Crippen molar-refractivity contribution in [1.29, 1.82) is 0 Å². The van der Waals surface area contributed by atoms with Crippen molar-refractivity contribution in [3.8, 4) is 0 Å². The molecule has 0 aromatic heterocycles. The molecule has 0 aliphatic carbocycles. The molecule has 8 heavy (non-hydrogen) atoms. The van der Waals surface area contributed by atoms with Crippen LogP contribution in [0.4, 0.5) is 0 Å². The summed E-state index contributed by atoms with van der Waals surface area (Å²) in [5.41, 5.74) is 0. The molecule has 0 rings (SSSR count). The van der Waals surface area contributed by atoms with Gasteiger partial charge in [0.05, 0.1) is 6.04 Å². The highest BCUT2D eigenvalue weighted by Crippen LogP contribution is 1.87. The Hall–Kier alpha value is -0.0200. The minimum atomic E-state index is -0.00694. The minimum absolute atomic E-state index is 0.00694. The molecule has 0 aromatic rings. The fourth-order valence-corrected chi connectivity index (χ4v) is 0.698. The van der Waals surface area contributed by atoms with Crippen molar-refractivity contribution < 1.29 is 4.79 Å². The van der Waals surface area contributed by atoms with Crippen LogP contribution in [0.25, 0.3) is 0 Å². The molecule has 2 nitrogen and oxygen atoms in total. The van der Waals surface area contributed by atoms with E-state index in [1.807, 2.05) is 0 Å². The Balaban J connectivity index is 3.21. The van der Waals surface area contributed by atoms with Crippen molar-refractivity contribution in [1.82, 2.24) is 5.32 Å². The van der Waals surface area contributed by atoms with Gasteiger partial charge >= 0.3 is 0 Å². The van der Waals surface area contributed by atoms with E-state index in [4.69, 9.17) is 0 Å². The van der Waals surface area contributed by atoms with Gasteiger partial charge in [0.25, 0.3) is 0 Å². The van der Waals surface area contributed by atoms with Crippen molar-refractivity contribution in [2.24, 2.45) is 0 Å². The van der Waals surface area contributed by atoms with E-state index >= 15 is 0 Å². The Labute approximate surface area is 55.1 Å². The van der Waals surface area contributed by atoms with Crippen LogP contribution < -0.4 is 5.32 Å². The summed E-state index contributed by atoms with van der Waals surface area (Å²) in [4.78, 5) is 10.0. The van der Waals surface area contributed by atoms with Gasteiger partial charge in [-0.05, 0) is 19.2 Å². The molecule has 0 fully saturated rings. The van der Waals surface area contributed by atoms with Crippen LogP contribution in [0.1, 0.15) is 6.42 Å². The van der Waals surface area contributed by atoms with Crippen LogP contribution in [-0.2, 0) is 4.79 Å². The first-order valence-electron chi connectivity index (χ1n) is 2.58. The zero-order chi connectivity index (χ0) is 6.41. The fourth-order valence-electron chi connectivity index (χ4n) is 0.420. The van der Waals surface area contributed by atoms with Crippen LogP contribution in [-0.4, -0.2) is 25.1 Å². The fraction of sp³-hybridized carbons (Fsp3) is 0.800. The van der Waals surface area contributed by atoms with E-state index < -0.39 is 0 Å². The lowest BCUT2D eigenvalue weighted by atomic mass is 10.3. The summed E-state index contributed by atoms with van der Waals surface area (Å²) in [6.45, 7) is 0. The lowest BCUT2D eigenvalue weighted by molar-refractivity contribution is -0.109. The second-order valence-corrected chi connectivity index (χ2v) is 1.99. The minimum Gasteiger partial charge on any atom is -0.311 e. The molecule has 0 unspecified atom stereocenters. The maximum atomic E-state index is 10.0. The zero-order valence-electron chi connectivity index (χ0n) is 4.92. The maximum Gasteiger partial charge on any atom is 0.136 e. The van der Waals surface area contributed by atoms with Gasteiger partial charge in [0.2, 0.25) is 0 Å². The van der Waals surface area contributed by atoms with Gasteiger partial charge in [-0.15, -0.1) is 0 Å². The number of hydrogen-bond acceptors (Lipinski definition) is 3. The normalized spacial score (nSPS) is 13.2. The van der Waals surface area contributed by atoms with E-state index in [0.29, 0.717) is 0 Å². The van der Waals surface area contributed by atoms with E-state index in [2.05, 4.69) is 17.9 Å². The molecule has 1 N–H and O–H groups in total. The summed E-state index contributed by atoms with van der Waals surface area (Å²) < 4.78 is 0. The SMILES string of the molecule is CN[C@@H](C=O)CCS. The molecule has 0 saturated heterocycles. The first-order valence-corrected chi connectivity index (χ1v) is 3.21. The monoisotopic (exact) mass is 133 g/mol. The number of nitrogens with one attached hydrogen (secondary N) is 1. The summed E-state index contributed by atoms with van der Waals surface area (Å²) in [6.07, 6.45) is 1.71. The van der Waals surface area contributed by atoms with E-state index in [-0.39, 0.29) is 6.04 Å². The molecule has 1 atom stereocenters. The summed E-state index contributed by atoms with van der Waals surface area (Å²) >= 11 is 3.97. The third-order valence-electron chi connectivity index (χ3n) is 0.975. The van der Waals surface area contributed by atoms with Gasteiger partial charge < -0.3 is 10.1 Å². The molecular formula is C5H11NOS. The van der Waals surface area contributed by atoms with Crippen molar-refractivity contribution >= 4 is 18.9 Å². The lowest BCUT2D eigenvalue weighted by Gasteiger charge is -2.03. The third-order valence-corrected chi connectivity index (χ3v) is 1.23. The van der Waals surface area contributed by atoms with Crippen LogP contribution in [0.3, 0.4) is 0 Å². The second kappa shape index (κ2) is 5.12. The van der Waals surface area contributed by atoms with Gasteiger partial charge in [-0.25, -0.2) is 0 Å². The van der Waals surface area contributed by atoms with Gasteiger partial charge in [-0.3, -0.25) is 0 Å². The third kappa shape index (κ3) is 3.04. The van der Waals surface area contributed by atoms with Crippen LogP contribution in [0.15, 0.2) is 0 Å². The first-order chi connectivity index (χ1) is 3.85. The maximum absolute atomic E-state index is 10.0. The highest BCUT2D eigenvalue weighted by atomic mass is 32.1. The molecule has 0 aromatic carbocycles. The first kappa shape index (κ1) is 7.98. The molecule has 48 valence electrons. The highest BCUT2D eigenvalue weighted by molar-refractivity contribution is 7.80. The average Bonchev–Trinajstić information content (AvgIpc) is 1.83. The quantitative estimate of drug-likeness (QED) is 0.420. The number of carbonyl (C=O) groups is 1. The van der Waals surface area contributed by atoms with Gasteiger partial charge in [0.15, 0.2) is 0 Å². The molecule has 0 aliphatic heterocycles. The summed E-state index contributed by atoms with van der Waals surface area (Å²) in [7, 11) is 1.77. The molecule has 0 aliphatic rings. The Morgan fingerprint density at radius 1 is 1.88 bits per heavy atom. The van der Waals surface area contributed by atoms with E-state index in [1.165, 1.54) is 0 Å². The van der Waals surface area contributed by atoms with Crippen molar-refractivity contribution in [2.45, 2.75) is 12.5 Å². The Morgan fingerprint density at radius 2 is 2.50 bits per heavy atom. The number of hydrogen-bond donors (Lipinski definition) is 2. The molecular weight excluding hydrogens is 122 g/mol. The smallest absolute Gasteiger partial charge is 0.136 e. The number of thiol groups is 1. The van der Waals surface area contributed by atoms with E-state index in [0.717, 1.165) is 18.5 Å². The zero-order valence-corrected chi connectivity index (χ0v) is 5.82. The standard InChI is InChI=1S/C5H11NOS/c1-6-5(4-7)2-3-8/h4-6,8H,2-3H2,1H3/t5-/m1/s1. The van der Waals surface area contributed by atoms with Crippen molar-refractivity contribution in [2.75, 3.05) is 12.8 Å². The molecule has 0 radical (unpaired) electrons. The summed E-state index contributed by atoms with van der Waals surface area (Å²) in [5, 5.41) is 2.84. The average molecular weight is 133 g/mol. The van der Waals surface area contributed by atoms with Crippen molar-refractivity contribution in [3.05, 3.63) is 0 Å². The van der Waals surface area contributed by atoms with Gasteiger partial charge in [0, 0.05) is 0 Å². The van der Waals surface area contributed by atoms with Gasteiger partial charge in [-0.1, -0.05) is 0 Å². The summed E-state index contributed by atoms with van der Waals surface area (Å²) in [6, 6.07) is -0.00694. The molecule has 0 saturated carbocycles. The van der Waals surface area contributed by atoms with Gasteiger partial charge in [-0.2, -0.15) is 12.6 Å². The van der Waals surface area contributed by atoms with Crippen LogP contribution in [0.5, 0.6) is 0 Å². The molecule has 0 spiro atoms. The Bertz CT molecular complexity index is 67.4. The number of likely N-dealkylation sites (N-methyl/N-ethyl adjacent to an activating group) is 1. The van der Waals surface area contributed by atoms with Crippen LogP contribution in [0.2, 0.25) is 0 Å². The lowest BCUT2D eigenvalue weighted by Crippen LogP contribution is -2.26. The van der Waals surface area contributed by atoms with E-state index in [1.54, 1.807) is 7.05 Å². The predicted octanol–water partition coefficient (Wildman–Crippen LogP) is 0.0932. The topological polar surface area (TPSA) is 29.1 Å². The van der Waals surface area contributed by atoms with E-state index in [9.17, 15) is 4.79 Å². The van der Waals surface area contributed by atoms with Crippen molar-refractivity contribution in [3.63, 3.8) is 0 Å². The molecule has 3 heteroatoms. The molecule has 0 bridgehead atoms. The van der Waals surface area contributed by atoms with Crippen LogP contribution in [0, 0.1) is 0 Å². The van der Waals surface area contributed by atoms with Crippen LogP contribution >= 0.6 is 12.6 Å². The Kier molecular flexibility index (Phi) is 5.11. The number of aldehydes is 1. The Morgan fingerprint density at radius 3 is 2.62 bits per heavy atom. The highest BCUT2D eigenvalue weighted by Gasteiger charge is 1.98. The predicted molar refractivity (Wildman–Crippen MR) is 37.4 cm³/mol. The largest absolute Gasteiger partial charge is 0.311 e. The second-order valence-electron chi connectivity index (χ2n) is 1.54. The molecule has 0 heterocycles. The number of carbonyl (C=O) groups excluding carboxylic acids is 1. The van der Waals surface area contributed by atoms with Gasteiger partial charge in [0.1, 0.15) is 6.29 Å².